The Bertz CT molecular complexity index is 2580. The van der Waals surface area contributed by atoms with Crippen LogP contribution in [0.25, 0.3) is 78.4 Å². The molecule has 0 spiro atoms. The maximum absolute atomic E-state index is 5.49. The predicted octanol–water partition coefficient (Wildman–Crippen LogP) is 13.3. The fourth-order valence-electron chi connectivity index (χ4n) is 7.55. The molecule has 1 atom stereocenters. The molecule has 9 rings (SSSR count). The summed E-state index contributed by atoms with van der Waals surface area (Å²) in [5.41, 5.74) is 15.0. The van der Waals surface area contributed by atoms with Gasteiger partial charge in [-0.1, -0.05) is 159 Å². The predicted molar refractivity (Wildman–Crippen MR) is 221 cm³/mol. The highest BCUT2D eigenvalue weighted by atomic mass is 32.3. The quantitative estimate of drug-likeness (QED) is 0.167. The Labute approximate surface area is 307 Å². The monoisotopic (exact) mass is 686 g/mol. The van der Waals surface area contributed by atoms with E-state index >= 15 is 0 Å². The summed E-state index contributed by atoms with van der Waals surface area (Å²) in [5, 5.41) is 0. The zero-order chi connectivity index (χ0) is 35.1. The van der Waals surface area contributed by atoms with E-state index in [1.54, 1.807) is 0 Å². The number of rotatable bonds is 7. The zero-order valence-electron chi connectivity index (χ0n) is 29.3. The third-order valence-corrected chi connectivity index (χ3v) is 14.2. The normalized spacial score (nSPS) is 15.7. The van der Waals surface area contributed by atoms with Crippen molar-refractivity contribution in [2.75, 3.05) is 12.0 Å². The topological polar surface area (TPSA) is 25.8 Å². The summed E-state index contributed by atoms with van der Waals surface area (Å²) in [6.07, 6.45) is 2.44. The van der Waals surface area contributed by atoms with Gasteiger partial charge in [0.25, 0.3) is 0 Å². The van der Waals surface area contributed by atoms with Gasteiger partial charge in [-0.15, -0.1) is 0 Å². The average Bonchev–Trinajstić information content (AvgIpc) is 3.49. The van der Waals surface area contributed by atoms with Crippen molar-refractivity contribution in [1.82, 2.24) is 9.97 Å². The summed E-state index contributed by atoms with van der Waals surface area (Å²) in [4.78, 5) is 13.6. The van der Waals surface area contributed by atoms with Gasteiger partial charge in [-0.25, -0.2) is 9.97 Å². The lowest BCUT2D eigenvalue weighted by molar-refractivity contribution is 1.12. The molecule has 0 fully saturated rings. The highest BCUT2D eigenvalue weighted by Crippen LogP contribution is 2.70. The molecule has 0 saturated heterocycles. The lowest BCUT2D eigenvalue weighted by atomic mass is 9.95. The fourth-order valence-corrected chi connectivity index (χ4v) is 10.6. The largest absolute Gasteiger partial charge is 0.227 e. The number of hydrogen-bond donors (Lipinski definition) is 0. The van der Waals surface area contributed by atoms with Gasteiger partial charge in [-0.05, 0) is 86.8 Å². The first-order valence-corrected chi connectivity index (χ1v) is 20.1. The van der Waals surface area contributed by atoms with E-state index in [4.69, 9.17) is 9.97 Å². The summed E-state index contributed by atoms with van der Waals surface area (Å²) in [7, 11) is -1.34. The van der Waals surface area contributed by atoms with Crippen molar-refractivity contribution < 1.29 is 0 Å². The number of fused-ring (bicyclic) bond motifs is 3. The summed E-state index contributed by atoms with van der Waals surface area (Å²) in [6, 6.07) is 65.3. The van der Waals surface area contributed by atoms with Crippen molar-refractivity contribution in [3.8, 4) is 78.4 Å². The number of aromatic nitrogens is 2. The van der Waals surface area contributed by atoms with Crippen LogP contribution >= 0.6 is 10.0 Å². The summed E-state index contributed by atoms with van der Waals surface area (Å²) in [5.74, 6) is 1.78. The average molecular weight is 687 g/mol. The van der Waals surface area contributed by atoms with Crippen LogP contribution < -0.4 is 0 Å². The van der Waals surface area contributed by atoms with E-state index in [0.717, 1.165) is 45.2 Å². The molecule has 0 aliphatic carbocycles. The zero-order valence-corrected chi connectivity index (χ0v) is 30.1. The molecule has 1 aromatic heterocycles. The van der Waals surface area contributed by atoms with Crippen molar-refractivity contribution in [3.63, 3.8) is 0 Å². The van der Waals surface area contributed by atoms with Crippen LogP contribution in [-0.2, 0) is 0 Å². The van der Waals surface area contributed by atoms with Gasteiger partial charge < -0.3 is 0 Å². The SMILES string of the molecule is CCS1(C)c2ccccc2-c2nc(-c3cccc(-c4cccc(-c5cccc(-c6ccccc6)c5)c4)c3)nc(-c3cccc(-c4ccccc4)c3)c21. The van der Waals surface area contributed by atoms with Crippen LogP contribution in [0, 0.1) is 0 Å². The van der Waals surface area contributed by atoms with Crippen LogP contribution in [-0.4, -0.2) is 22.0 Å². The number of hydrogen-bond acceptors (Lipinski definition) is 2. The molecule has 0 N–H and O–H groups in total. The van der Waals surface area contributed by atoms with Crippen molar-refractivity contribution in [2.24, 2.45) is 0 Å². The Balaban J connectivity index is 1.17. The minimum Gasteiger partial charge on any atom is -0.227 e. The van der Waals surface area contributed by atoms with Gasteiger partial charge in [0, 0.05) is 26.5 Å². The molecule has 1 aliphatic rings. The molecular weight excluding hydrogens is 649 g/mol. The van der Waals surface area contributed by atoms with Gasteiger partial charge >= 0.3 is 0 Å². The second-order valence-corrected chi connectivity index (χ2v) is 17.1. The molecule has 3 heteroatoms. The summed E-state index contributed by atoms with van der Waals surface area (Å²) >= 11 is 0. The van der Waals surface area contributed by atoms with Gasteiger partial charge in [-0.2, -0.15) is 10.0 Å². The van der Waals surface area contributed by atoms with Crippen LogP contribution in [0.1, 0.15) is 6.92 Å². The summed E-state index contributed by atoms with van der Waals surface area (Å²) < 4.78 is 0. The molecule has 2 heterocycles. The second-order valence-electron chi connectivity index (χ2n) is 13.5. The van der Waals surface area contributed by atoms with Crippen LogP contribution in [0.15, 0.2) is 192 Å². The van der Waals surface area contributed by atoms with E-state index in [1.807, 2.05) is 0 Å². The van der Waals surface area contributed by atoms with E-state index < -0.39 is 10.0 Å². The Hall–Kier alpha value is -6.03. The van der Waals surface area contributed by atoms with Crippen LogP contribution in [0.4, 0.5) is 0 Å². The van der Waals surface area contributed by atoms with Crippen LogP contribution in [0.2, 0.25) is 0 Å². The lowest BCUT2D eigenvalue weighted by Crippen LogP contribution is -2.04. The van der Waals surface area contributed by atoms with Gasteiger partial charge in [0.2, 0.25) is 0 Å². The van der Waals surface area contributed by atoms with E-state index in [9.17, 15) is 0 Å². The first-order chi connectivity index (χ1) is 25.6. The molecule has 250 valence electrons. The first-order valence-electron chi connectivity index (χ1n) is 17.9. The van der Waals surface area contributed by atoms with E-state index in [1.165, 1.54) is 48.7 Å². The van der Waals surface area contributed by atoms with Crippen molar-refractivity contribution in [2.45, 2.75) is 16.7 Å². The first kappa shape index (κ1) is 31.9. The molecular formula is C49H38N2S. The molecule has 0 radical (unpaired) electrons. The third kappa shape index (κ3) is 5.64. The standard InChI is InChI=1S/C49H38N2S/c1-3-52(2)45-29-11-10-28-44(45)47-48(52)46(42-26-14-21-37(32-42)35-18-8-5-9-19-35)50-49(51-47)43-27-15-25-41(33-43)40-24-13-23-39(31-40)38-22-12-20-36(30-38)34-16-6-4-7-17-34/h4-33H,3H2,1-2H3. The minimum absolute atomic E-state index is 0.752. The molecule has 0 bridgehead atoms. The van der Waals surface area contributed by atoms with Crippen LogP contribution in [0.5, 0.6) is 0 Å². The Morgan fingerprint density at radius 3 is 1.31 bits per heavy atom. The third-order valence-electron chi connectivity index (χ3n) is 10.4. The van der Waals surface area contributed by atoms with Gasteiger partial charge in [0.05, 0.1) is 11.4 Å². The Morgan fingerprint density at radius 2 is 0.769 bits per heavy atom. The maximum atomic E-state index is 5.49. The Morgan fingerprint density at radius 1 is 0.385 bits per heavy atom. The minimum atomic E-state index is -1.34. The summed E-state index contributed by atoms with van der Waals surface area (Å²) in [6.45, 7) is 2.31. The maximum Gasteiger partial charge on any atom is 0.160 e. The number of nitrogens with zero attached hydrogens (tertiary/aromatic N) is 2. The molecule has 1 unspecified atom stereocenters. The lowest BCUT2D eigenvalue weighted by Gasteiger charge is -2.33. The van der Waals surface area contributed by atoms with Gasteiger partial charge in [0.1, 0.15) is 0 Å². The smallest absolute Gasteiger partial charge is 0.160 e. The second kappa shape index (κ2) is 13.3. The highest BCUT2D eigenvalue weighted by Gasteiger charge is 2.38. The number of benzene rings is 7. The molecule has 1 aliphatic heterocycles. The van der Waals surface area contributed by atoms with E-state index in [-0.39, 0.29) is 0 Å². The van der Waals surface area contributed by atoms with Crippen molar-refractivity contribution >= 4 is 10.0 Å². The fraction of sp³-hybridized carbons (Fsp3) is 0.0612. The van der Waals surface area contributed by atoms with Gasteiger partial charge in [-0.3, -0.25) is 0 Å². The molecule has 52 heavy (non-hydrogen) atoms. The molecule has 2 nitrogen and oxygen atoms in total. The molecule has 7 aromatic carbocycles. The van der Waals surface area contributed by atoms with E-state index in [2.05, 4.69) is 195 Å². The van der Waals surface area contributed by atoms with Crippen molar-refractivity contribution in [3.05, 3.63) is 182 Å². The Kier molecular flexibility index (Phi) is 8.14. The van der Waals surface area contributed by atoms with E-state index in [0.29, 0.717) is 0 Å². The molecule has 0 amide bonds. The highest BCUT2D eigenvalue weighted by molar-refractivity contribution is 8.33. The van der Waals surface area contributed by atoms with Crippen molar-refractivity contribution in [1.29, 1.82) is 0 Å². The molecule has 8 aromatic rings. The molecule has 0 saturated carbocycles. The van der Waals surface area contributed by atoms with Gasteiger partial charge in [0.15, 0.2) is 5.82 Å². The van der Waals surface area contributed by atoms with Crippen LogP contribution in [0.3, 0.4) is 0 Å².